The third kappa shape index (κ3) is 18.9. The summed E-state index contributed by atoms with van der Waals surface area (Å²) < 4.78 is 4.74. The van der Waals surface area contributed by atoms with Gasteiger partial charge in [0.25, 0.3) is 0 Å². The van der Waals surface area contributed by atoms with Crippen LogP contribution < -0.4 is 0 Å². The Kier molecular flexibility index (Phi) is 35.2. The van der Waals surface area contributed by atoms with E-state index in [9.17, 15) is 0 Å². The molecule has 0 N–H and O–H groups in total. The van der Waals surface area contributed by atoms with E-state index >= 15 is 0 Å². The van der Waals surface area contributed by atoms with E-state index in [0.717, 1.165) is 0 Å². The summed E-state index contributed by atoms with van der Waals surface area (Å²) in [5.41, 5.74) is 1.85. The third-order valence-corrected chi connectivity index (χ3v) is 1.41. The van der Waals surface area contributed by atoms with Crippen LogP contribution in [0.3, 0.4) is 0 Å². The molecule has 0 amide bonds. The molecule has 0 spiro atoms. The van der Waals surface area contributed by atoms with Crippen molar-refractivity contribution < 1.29 is 25.2 Å². The smallest absolute Gasteiger partial charge is 0.170 e. The molecule has 1 radical (unpaired) electrons. The predicted octanol–water partition coefficient (Wildman–Crippen LogP) is -1.17. The average molecular weight is 332 g/mol. The van der Waals surface area contributed by atoms with Crippen LogP contribution in [0, 0.1) is 0 Å². The third-order valence-electron chi connectivity index (χ3n) is 0.236. The summed E-state index contributed by atoms with van der Waals surface area (Å²) in [4.78, 5) is 0. The molecule has 1 nitrogen and oxygen atoms in total. The number of rotatable bonds is 2. The first-order chi connectivity index (χ1) is 2.41. The Labute approximate surface area is 67.7 Å². The molecule has 7 heavy (non-hydrogen) atoms. The van der Waals surface area contributed by atoms with E-state index < -0.39 is 0 Å². The van der Waals surface area contributed by atoms with Crippen molar-refractivity contribution >= 4 is 30.1 Å². The number of hydrogen-bond donors (Lipinski definition) is 0. The van der Waals surface area contributed by atoms with Crippen molar-refractivity contribution in [1.29, 1.82) is 0 Å². The minimum absolute atomic E-state index is 0. The minimum atomic E-state index is -0.292. The summed E-state index contributed by atoms with van der Waals surface area (Å²) in [6.45, 7) is 3.49. The Morgan fingerprint density at radius 1 is 1.71 bits per heavy atom. The van der Waals surface area contributed by atoms with Gasteiger partial charge in [0.05, 0.1) is 0 Å². The van der Waals surface area contributed by atoms with Crippen molar-refractivity contribution in [2.45, 2.75) is 0 Å². The van der Waals surface area contributed by atoms with Crippen LogP contribution in [0.5, 0.6) is 0 Å². The van der Waals surface area contributed by atoms with Crippen molar-refractivity contribution in [3.8, 4) is 0 Å². The first-order valence-electron chi connectivity index (χ1n) is 1.39. The predicted molar refractivity (Wildman–Crippen MR) is 39.5 cm³/mol. The first-order valence-corrected chi connectivity index (χ1v) is 3.37. The molecule has 0 aliphatic carbocycles. The Bertz CT molecular complexity index is 36.9. The average Bonchev–Trinajstić information content (AvgIpc) is 1.41. The van der Waals surface area contributed by atoms with Gasteiger partial charge in [-0.05, 0) is 0 Å². The number of hydrogen-bond acceptors (Lipinski definition) is 1. The maximum Gasteiger partial charge on any atom is 0.170 e. The Morgan fingerprint density at radius 2 is 2.14 bits per heavy atom. The van der Waals surface area contributed by atoms with E-state index in [0.29, 0.717) is 0 Å². The van der Waals surface area contributed by atoms with Crippen molar-refractivity contribution in [3.63, 3.8) is 0 Å². The topological polar surface area (TPSA) is 9.23 Å². The summed E-state index contributed by atoms with van der Waals surface area (Å²) >= 11 is 0. The zero-order valence-corrected chi connectivity index (χ0v) is 10.6. The molecule has 0 fully saturated rings. The van der Waals surface area contributed by atoms with Gasteiger partial charge < -0.3 is 4.12 Å². The van der Waals surface area contributed by atoms with Gasteiger partial charge in [-0.15, -0.1) is 6.58 Å². The maximum absolute atomic E-state index is 4.74. The molecular formula is C2H10OPPtSi2. The summed E-state index contributed by atoms with van der Waals surface area (Å²) in [6, 6.07) is 0. The Hall–Kier alpha value is 1.25. The van der Waals surface area contributed by atoms with E-state index in [1.807, 2.05) is 5.70 Å². The SMILES string of the molecule is C=C[SiH2]O[SiH2].P.[Pt]. The van der Waals surface area contributed by atoms with Gasteiger partial charge in [-0.1, -0.05) is 5.70 Å². The molecular weight excluding hydrogens is 322 g/mol. The maximum atomic E-state index is 4.74. The van der Waals surface area contributed by atoms with Crippen molar-refractivity contribution in [2.75, 3.05) is 0 Å². The molecule has 0 saturated carbocycles. The first kappa shape index (κ1) is 15.7. The molecule has 5 heteroatoms. The van der Waals surface area contributed by atoms with Crippen LogP contribution in [0.25, 0.3) is 0 Å². The quantitative estimate of drug-likeness (QED) is 0.458. The van der Waals surface area contributed by atoms with Gasteiger partial charge in [-0.2, -0.15) is 9.90 Å². The molecule has 0 bridgehead atoms. The zero-order valence-electron chi connectivity index (χ0n) is 4.13. The van der Waals surface area contributed by atoms with Gasteiger partial charge in [-0.25, -0.2) is 0 Å². The largest absolute Gasteiger partial charge is 0.462 e. The second kappa shape index (κ2) is 15.7. The van der Waals surface area contributed by atoms with Crippen molar-refractivity contribution in [1.82, 2.24) is 0 Å². The standard InChI is InChI=1S/C2H7OSi2.H3P.Pt/c1-2-5-3-4;;/h2H,1,4-5H2;1H3;. The summed E-state index contributed by atoms with van der Waals surface area (Å²) in [7, 11) is 1.25. The molecule has 1 atom stereocenters. The Morgan fingerprint density at radius 3 is 2.14 bits per heavy atom. The normalized spacial score (nSPS) is 7.00. The molecule has 0 aromatic heterocycles. The molecule has 0 aromatic rings. The summed E-state index contributed by atoms with van der Waals surface area (Å²) in [5, 5.41) is 0. The Balaban J connectivity index is -0.0000000800. The van der Waals surface area contributed by atoms with Gasteiger partial charge in [0, 0.05) is 21.1 Å². The van der Waals surface area contributed by atoms with Crippen LogP contribution in [-0.4, -0.2) is 20.2 Å². The summed E-state index contributed by atoms with van der Waals surface area (Å²) in [5.74, 6) is 0. The van der Waals surface area contributed by atoms with Crippen LogP contribution >= 0.6 is 9.90 Å². The van der Waals surface area contributed by atoms with Crippen molar-refractivity contribution in [3.05, 3.63) is 12.3 Å². The molecule has 0 aliphatic heterocycles. The molecule has 0 rings (SSSR count). The minimum Gasteiger partial charge on any atom is -0.462 e. The molecule has 0 aromatic carbocycles. The van der Waals surface area contributed by atoms with E-state index in [4.69, 9.17) is 4.12 Å². The fourth-order valence-electron chi connectivity index (χ4n) is 0.0833. The fourth-order valence-corrected chi connectivity index (χ4v) is 0.750. The molecule has 0 heterocycles. The van der Waals surface area contributed by atoms with E-state index in [2.05, 4.69) is 6.58 Å². The van der Waals surface area contributed by atoms with E-state index in [1.165, 1.54) is 10.5 Å². The second-order valence-electron chi connectivity index (χ2n) is 0.659. The van der Waals surface area contributed by atoms with Gasteiger partial charge in [-0.3, -0.25) is 0 Å². The van der Waals surface area contributed by atoms with E-state index in [1.54, 1.807) is 0 Å². The van der Waals surface area contributed by atoms with Crippen LogP contribution in [-0.2, 0) is 25.2 Å². The van der Waals surface area contributed by atoms with Gasteiger partial charge in [0.15, 0.2) is 20.2 Å². The molecule has 0 aliphatic rings. The van der Waals surface area contributed by atoms with Crippen LogP contribution in [0.15, 0.2) is 12.3 Å². The monoisotopic (exact) mass is 332 g/mol. The van der Waals surface area contributed by atoms with Crippen LogP contribution in [0.4, 0.5) is 0 Å². The fraction of sp³-hybridized carbons (Fsp3) is 0. The summed E-state index contributed by atoms with van der Waals surface area (Å²) in [6.07, 6.45) is 0. The van der Waals surface area contributed by atoms with Crippen LogP contribution in [0.1, 0.15) is 0 Å². The van der Waals surface area contributed by atoms with Gasteiger partial charge in [0.1, 0.15) is 0 Å². The molecule has 47 valence electrons. The van der Waals surface area contributed by atoms with E-state index in [-0.39, 0.29) is 40.7 Å². The second-order valence-corrected chi connectivity index (χ2v) is 3.20. The zero-order chi connectivity index (χ0) is 4.12. The molecule has 1 unspecified atom stereocenters. The van der Waals surface area contributed by atoms with Gasteiger partial charge in [0.2, 0.25) is 0 Å². The van der Waals surface area contributed by atoms with Gasteiger partial charge >= 0.3 is 0 Å². The molecule has 0 saturated heterocycles. The van der Waals surface area contributed by atoms with Crippen LogP contribution in [0.2, 0.25) is 0 Å². The van der Waals surface area contributed by atoms with Crippen molar-refractivity contribution in [2.24, 2.45) is 0 Å².